The average Bonchev–Trinajstić information content (AvgIpc) is 2.65. The summed E-state index contributed by atoms with van der Waals surface area (Å²) in [6, 6.07) is 12.2. The summed E-state index contributed by atoms with van der Waals surface area (Å²) >= 11 is 7.22. The van der Waals surface area contributed by atoms with Gasteiger partial charge < -0.3 is 14.7 Å². The predicted molar refractivity (Wildman–Crippen MR) is 120 cm³/mol. The van der Waals surface area contributed by atoms with E-state index in [0.29, 0.717) is 26.8 Å². The topological polar surface area (TPSA) is 74.5 Å². The minimum absolute atomic E-state index is 0.102. The number of carbonyl (C=O) groups is 1. The highest BCUT2D eigenvalue weighted by atomic mass is 79.9. The number of methoxy groups -OCH3 is 1. The van der Waals surface area contributed by atoms with E-state index in [9.17, 15) is 9.90 Å². The number of hydrogen-bond acceptors (Lipinski definition) is 5. The van der Waals surface area contributed by atoms with Crippen molar-refractivity contribution < 1.29 is 14.6 Å². The summed E-state index contributed by atoms with van der Waals surface area (Å²) in [6.07, 6.45) is 0. The molecule has 0 fully saturated rings. The third-order valence-electron chi connectivity index (χ3n) is 3.87. The minimum Gasteiger partial charge on any atom is -0.494 e. The van der Waals surface area contributed by atoms with Gasteiger partial charge in [-0.15, -0.1) is 10.2 Å². The Bertz CT molecular complexity index is 831. The molecule has 2 unspecified atom stereocenters. The molecule has 6 nitrogen and oxygen atoms in total. The van der Waals surface area contributed by atoms with Gasteiger partial charge in [-0.05, 0) is 24.3 Å². The van der Waals surface area contributed by atoms with Crippen LogP contribution in [0.15, 0.2) is 52.7 Å². The normalized spacial score (nSPS) is 13.3. The highest BCUT2D eigenvalue weighted by molar-refractivity contribution is 9.09. The molecule has 0 aromatic heterocycles. The van der Waals surface area contributed by atoms with E-state index >= 15 is 0 Å². The third-order valence-corrected chi connectivity index (χ3v) is 4.45. The van der Waals surface area contributed by atoms with Gasteiger partial charge in [0.15, 0.2) is 0 Å². The van der Waals surface area contributed by atoms with Gasteiger partial charge in [0.1, 0.15) is 17.1 Å². The van der Waals surface area contributed by atoms with E-state index in [1.807, 2.05) is 18.2 Å². The molecule has 0 amide bonds. The van der Waals surface area contributed by atoms with Crippen molar-refractivity contribution in [2.75, 3.05) is 25.1 Å². The maximum atomic E-state index is 11.3. The van der Waals surface area contributed by atoms with Crippen molar-refractivity contribution in [2.24, 2.45) is 10.2 Å². The van der Waals surface area contributed by atoms with Crippen LogP contribution in [0, 0.1) is 0 Å². The second kappa shape index (κ2) is 10.6. The first kappa shape index (κ1) is 22.4. The zero-order valence-corrected chi connectivity index (χ0v) is 19.1. The SMILES string of the molecule is COc1cc(N(CC(C)Br)CC(C)Br)ccc1N=Nc1ccccc1C(=O)O. The number of nitrogens with zero attached hydrogens (tertiary/aromatic N) is 3. The molecule has 2 atom stereocenters. The average molecular weight is 513 g/mol. The number of hydrogen-bond donors (Lipinski definition) is 1. The van der Waals surface area contributed by atoms with E-state index in [0.717, 1.165) is 18.8 Å². The van der Waals surface area contributed by atoms with Gasteiger partial charge >= 0.3 is 5.97 Å². The molecular weight excluding hydrogens is 490 g/mol. The van der Waals surface area contributed by atoms with Crippen LogP contribution in [0.4, 0.5) is 17.1 Å². The Balaban J connectivity index is 2.33. The molecule has 28 heavy (non-hydrogen) atoms. The van der Waals surface area contributed by atoms with Gasteiger partial charge in [-0.25, -0.2) is 4.79 Å². The maximum absolute atomic E-state index is 11.3. The lowest BCUT2D eigenvalue weighted by Gasteiger charge is -2.28. The van der Waals surface area contributed by atoms with Gasteiger partial charge in [0, 0.05) is 34.5 Å². The molecule has 150 valence electrons. The Labute approximate surface area is 181 Å². The summed E-state index contributed by atoms with van der Waals surface area (Å²) in [5.74, 6) is -0.469. The molecular formula is C20H23Br2N3O3. The zero-order chi connectivity index (χ0) is 20.7. The second-order valence-corrected chi connectivity index (χ2v) is 9.47. The smallest absolute Gasteiger partial charge is 0.337 e. The molecule has 0 aliphatic rings. The highest BCUT2D eigenvalue weighted by Crippen LogP contribution is 2.34. The number of aromatic carboxylic acids is 1. The van der Waals surface area contributed by atoms with Crippen LogP contribution in [0.25, 0.3) is 0 Å². The van der Waals surface area contributed by atoms with Crippen LogP contribution >= 0.6 is 31.9 Å². The molecule has 8 heteroatoms. The van der Waals surface area contributed by atoms with Crippen molar-refractivity contribution in [1.82, 2.24) is 0 Å². The van der Waals surface area contributed by atoms with E-state index < -0.39 is 5.97 Å². The Hall–Kier alpha value is -1.93. The molecule has 0 heterocycles. The third kappa shape index (κ3) is 6.31. The van der Waals surface area contributed by atoms with Crippen LogP contribution in [0.2, 0.25) is 0 Å². The number of anilines is 1. The summed E-state index contributed by atoms with van der Waals surface area (Å²) in [5.41, 5.74) is 1.94. The summed E-state index contributed by atoms with van der Waals surface area (Å²) < 4.78 is 5.49. The molecule has 0 saturated heterocycles. The number of benzene rings is 2. The van der Waals surface area contributed by atoms with E-state index in [1.54, 1.807) is 25.3 Å². The molecule has 0 saturated carbocycles. The number of carboxylic acid groups (broad SMARTS) is 1. The van der Waals surface area contributed by atoms with Gasteiger partial charge in [0.25, 0.3) is 0 Å². The van der Waals surface area contributed by atoms with Crippen LogP contribution in [-0.2, 0) is 0 Å². The van der Waals surface area contributed by atoms with Crippen molar-refractivity contribution in [3.63, 3.8) is 0 Å². The number of alkyl halides is 2. The summed E-state index contributed by atoms with van der Waals surface area (Å²) in [4.78, 5) is 14.2. The number of carboxylic acids is 1. The van der Waals surface area contributed by atoms with Crippen LogP contribution in [0.5, 0.6) is 5.75 Å². The number of ether oxygens (including phenoxy) is 1. The quantitative estimate of drug-likeness (QED) is 0.321. The van der Waals surface area contributed by atoms with Gasteiger partial charge in [-0.2, -0.15) is 0 Å². The number of halogens is 2. The van der Waals surface area contributed by atoms with Crippen LogP contribution in [-0.4, -0.2) is 40.9 Å². The van der Waals surface area contributed by atoms with E-state index in [1.165, 1.54) is 6.07 Å². The zero-order valence-electron chi connectivity index (χ0n) is 16.0. The Morgan fingerprint density at radius 1 is 1.07 bits per heavy atom. The standard InChI is InChI=1S/C20H23Br2N3O3/c1-13(21)11-25(12-14(2)22)15-8-9-18(19(10-15)28-3)24-23-17-7-5-4-6-16(17)20(26)27/h4-10,13-14H,11-12H2,1-3H3,(H,26,27). The molecule has 2 aromatic rings. The monoisotopic (exact) mass is 511 g/mol. The Morgan fingerprint density at radius 3 is 2.25 bits per heavy atom. The summed E-state index contributed by atoms with van der Waals surface area (Å²) in [7, 11) is 1.58. The van der Waals surface area contributed by atoms with Gasteiger partial charge in [-0.3, -0.25) is 0 Å². The fraction of sp³-hybridized carbons (Fsp3) is 0.350. The van der Waals surface area contributed by atoms with Gasteiger partial charge in [0.2, 0.25) is 0 Å². The van der Waals surface area contributed by atoms with E-state index in [2.05, 4.69) is 60.8 Å². The maximum Gasteiger partial charge on any atom is 0.337 e. The van der Waals surface area contributed by atoms with Crippen molar-refractivity contribution in [2.45, 2.75) is 23.5 Å². The molecule has 0 bridgehead atoms. The van der Waals surface area contributed by atoms with Gasteiger partial charge in [0.05, 0.1) is 12.7 Å². The van der Waals surface area contributed by atoms with Crippen molar-refractivity contribution in [1.29, 1.82) is 0 Å². The molecule has 2 aromatic carbocycles. The largest absolute Gasteiger partial charge is 0.494 e. The van der Waals surface area contributed by atoms with Crippen molar-refractivity contribution in [3.8, 4) is 5.75 Å². The molecule has 2 rings (SSSR count). The van der Waals surface area contributed by atoms with E-state index in [-0.39, 0.29) is 5.56 Å². The van der Waals surface area contributed by atoms with Crippen LogP contribution < -0.4 is 9.64 Å². The second-order valence-electron chi connectivity index (χ2n) is 6.34. The molecule has 0 radical (unpaired) electrons. The van der Waals surface area contributed by atoms with Gasteiger partial charge in [-0.1, -0.05) is 57.8 Å². The first-order valence-electron chi connectivity index (χ1n) is 8.77. The van der Waals surface area contributed by atoms with E-state index in [4.69, 9.17) is 4.74 Å². The number of azo groups is 1. The Morgan fingerprint density at radius 2 is 1.68 bits per heavy atom. The lowest BCUT2D eigenvalue weighted by atomic mass is 10.2. The van der Waals surface area contributed by atoms with Crippen LogP contribution in [0.3, 0.4) is 0 Å². The highest BCUT2D eigenvalue weighted by Gasteiger charge is 2.15. The molecule has 0 spiro atoms. The van der Waals surface area contributed by atoms with Crippen molar-refractivity contribution in [3.05, 3.63) is 48.0 Å². The fourth-order valence-corrected chi connectivity index (χ4v) is 3.39. The first-order valence-corrected chi connectivity index (χ1v) is 10.6. The summed E-state index contributed by atoms with van der Waals surface area (Å²) in [5, 5.41) is 17.6. The molecule has 1 N–H and O–H groups in total. The van der Waals surface area contributed by atoms with Crippen molar-refractivity contribution >= 4 is 54.9 Å². The molecule has 0 aliphatic carbocycles. The lowest BCUT2D eigenvalue weighted by molar-refractivity contribution is 0.0697. The molecule has 0 aliphatic heterocycles. The number of rotatable bonds is 9. The van der Waals surface area contributed by atoms with Crippen LogP contribution in [0.1, 0.15) is 24.2 Å². The predicted octanol–water partition coefficient (Wildman–Crippen LogP) is 6.18. The fourth-order valence-electron chi connectivity index (χ4n) is 2.69. The summed E-state index contributed by atoms with van der Waals surface area (Å²) in [6.45, 7) is 5.88. The minimum atomic E-state index is -1.04. The Kier molecular flexibility index (Phi) is 8.44. The lowest BCUT2D eigenvalue weighted by Crippen LogP contribution is -2.33. The first-order chi connectivity index (χ1) is 13.3.